The van der Waals surface area contributed by atoms with E-state index in [0.29, 0.717) is 28.7 Å². The molecule has 2 atom stereocenters. The van der Waals surface area contributed by atoms with Crippen LogP contribution in [0.5, 0.6) is 0 Å². The molecule has 3 amide bonds. The number of hydrogen-bond donors (Lipinski definition) is 3. The van der Waals surface area contributed by atoms with Crippen molar-refractivity contribution >= 4 is 28.5 Å². The molecule has 2 fully saturated rings. The molecule has 0 spiro atoms. The Morgan fingerprint density at radius 3 is 2.79 bits per heavy atom. The second kappa shape index (κ2) is 8.82. The standard InChI is InChI=1S/C24H27FN6O2/c1-30-13-16-3-2-10-31(14-21(16)30)23(32)22-19-11-18(8-9-20(19)28-29-22)27-24(33)26-12-15-4-6-17(25)7-5-15/h4-9,11,16,21H,2-3,10,12-14H2,1H3,(H,28,29)(H2,26,27,33). The van der Waals surface area contributed by atoms with Gasteiger partial charge in [-0.2, -0.15) is 5.10 Å². The number of aromatic nitrogens is 2. The number of nitrogens with zero attached hydrogens (tertiary/aromatic N) is 3. The van der Waals surface area contributed by atoms with Gasteiger partial charge in [0, 0.05) is 43.3 Å². The van der Waals surface area contributed by atoms with Crippen molar-refractivity contribution < 1.29 is 14.0 Å². The van der Waals surface area contributed by atoms with Gasteiger partial charge in [0.15, 0.2) is 5.69 Å². The van der Waals surface area contributed by atoms with Crippen molar-refractivity contribution in [2.24, 2.45) is 5.92 Å². The SMILES string of the molecule is CN1CC2CCCN(C(=O)c3n[nH]c4ccc(NC(=O)NCc5ccc(F)cc5)cc34)CC21. The zero-order valence-corrected chi connectivity index (χ0v) is 18.5. The van der Waals surface area contributed by atoms with E-state index in [0.717, 1.165) is 43.6 Å². The summed E-state index contributed by atoms with van der Waals surface area (Å²) in [6.45, 7) is 2.83. The lowest BCUT2D eigenvalue weighted by Crippen LogP contribution is -2.57. The fourth-order valence-corrected chi connectivity index (χ4v) is 4.83. The summed E-state index contributed by atoms with van der Waals surface area (Å²) in [5.74, 6) is 0.273. The number of urea groups is 1. The van der Waals surface area contributed by atoms with Gasteiger partial charge in [0.25, 0.3) is 5.91 Å². The maximum Gasteiger partial charge on any atom is 0.319 e. The number of likely N-dealkylation sites (N-methyl/N-ethyl adjacent to an activating group) is 1. The van der Waals surface area contributed by atoms with Crippen molar-refractivity contribution in [3.8, 4) is 0 Å². The van der Waals surface area contributed by atoms with E-state index < -0.39 is 0 Å². The molecule has 2 aliphatic rings. The van der Waals surface area contributed by atoms with Crippen molar-refractivity contribution in [2.45, 2.75) is 25.4 Å². The monoisotopic (exact) mass is 450 g/mol. The molecule has 8 nitrogen and oxygen atoms in total. The Kier molecular flexibility index (Phi) is 5.72. The number of rotatable bonds is 4. The third kappa shape index (κ3) is 4.41. The van der Waals surface area contributed by atoms with Crippen LogP contribution < -0.4 is 10.6 Å². The third-order valence-electron chi connectivity index (χ3n) is 6.72. The second-order valence-electron chi connectivity index (χ2n) is 8.93. The average Bonchev–Trinajstić information content (AvgIpc) is 3.14. The Balaban J connectivity index is 1.27. The molecule has 5 rings (SSSR count). The summed E-state index contributed by atoms with van der Waals surface area (Å²) >= 11 is 0. The van der Waals surface area contributed by atoms with Crippen LogP contribution in [0.1, 0.15) is 28.9 Å². The summed E-state index contributed by atoms with van der Waals surface area (Å²) in [4.78, 5) is 29.9. The quantitative estimate of drug-likeness (QED) is 0.569. The van der Waals surface area contributed by atoms with Crippen LogP contribution in [0.2, 0.25) is 0 Å². The van der Waals surface area contributed by atoms with Gasteiger partial charge in [0.1, 0.15) is 5.82 Å². The van der Waals surface area contributed by atoms with Crippen LogP contribution >= 0.6 is 0 Å². The molecule has 3 heterocycles. The molecule has 1 aromatic heterocycles. The Hall–Kier alpha value is -3.46. The number of likely N-dealkylation sites (tertiary alicyclic amines) is 2. The highest BCUT2D eigenvalue weighted by Gasteiger charge is 2.40. The van der Waals surface area contributed by atoms with Crippen molar-refractivity contribution in [3.63, 3.8) is 0 Å². The molecule has 172 valence electrons. The molecule has 0 bridgehead atoms. The highest BCUT2D eigenvalue weighted by Crippen LogP contribution is 2.31. The molecule has 2 aliphatic heterocycles. The Morgan fingerprint density at radius 2 is 2.00 bits per heavy atom. The number of nitrogens with one attached hydrogen (secondary N) is 3. The summed E-state index contributed by atoms with van der Waals surface area (Å²) in [5.41, 5.74) is 2.47. The summed E-state index contributed by atoms with van der Waals surface area (Å²) in [7, 11) is 2.11. The summed E-state index contributed by atoms with van der Waals surface area (Å²) in [6.07, 6.45) is 2.16. The van der Waals surface area contributed by atoms with Crippen LogP contribution in [0.4, 0.5) is 14.9 Å². The van der Waals surface area contributed by atoms with E-state index in [1.54, 1.807) is 30.3 Å². The number of carbonyl (C=O) groups excluding carboxylic acids is 2. The van der Waals surface area contributed by atoms with Crippen LogP contribution in [-0.4, -0.2) is 64.7 Å². The van der Waals surface area contributed by atoms with Crippen LogP contribution in [-0.2, 0) is 6.54 Å². The largest absolute Gasteiger partial charge is 0.336 e. The number of benzene rings is 2. The molecule has 33 heavy (non-hydrogen) atoms. The van der Waals surface area contributed by atoms with Crippen LogP contribution in [0.15, 0.2) is 42.5 Å². The Labute approximate surface area is 191 Å². The Bertz CT molecular complexity index is 1180. The number of amides is 3. The zero-order valence-electron chi connectivity index (χ0n) is 18.5. The fraction of sp³-hybridized carbons (Fsp3) is 0.375. The number of carbonyl (C=O) groups is 2. The fourth-order valence-electron chi connectivity index (χ4n) is 4.83. The molecule has 0 aliphatic carbocycles. The molecule has 2 saturated heterocycles. The normalized spacial score (nSPS) is 20.6. The molecule has 0 radical (unpaired) electrons. The van der Waals surface area contributed by atoms with E-state index in [9.17, 15) is 14.0 Å². The van der Waals surface area contributed by atoms with Crippen LogP contribution in [0, 0.1) is 11.7 Å². The number of fused-ring (bicyclic) bond motifs is 2. The van der Waals surface area contributed by atoms with E-state index in [-0.39, 0.29) is 24.3 Å². The summed E-state index contributed by atoms with van der Waals surface area (Å²) in [6, 6.07) is 11.3. The highest BCUT2D eigenvalue weighted by molar-refractivity contribution is 6.06. The first-order valence-electron chi connectivity index (χ1n) is 11.2. The molecule has 9 heteroatoms. The average molecular weight is 451 g/mol. The van der Waals surface area contributed by atoms with E-state index in [1.165, 1.54) is 12.1 Å². The van der Waals surface area contributed by atoms with Crippen molar-refractivity contribution in [3.05, 3.63) is 59.5 Å². The number of aromatic amines is 1. The maximum absolute atomic E-state index is 13.3. The number of H-pyrrole nitrogens is 1. The Morgan fingerprint density at radius 1 is 1.18 bits per heavy atom. The van der Waals surface area contributed by atoms with E-state index >= 15 is 0 Å². The van der Waals surface area contributed by atoms with Gasteiger partial charge >= 0.3 is 6.03 Å². The minimum absolute atomic E-state index is 0.0832. The highest BCUT2D eigenvalue weighted by atomic mass is 19.1. The lowest BCUT2D eigenvalue weighted by molar-refractivity contribution is 0.0252. The molecular formula is C24H27FN6O2. The number of anilines is 1. The molecule has 0 saturated carbocycles. The lowest BCUT2D eigenvalue weighted by atomic mass is 9.86. The molecule has 2 unspecified atom stereocenters. The zero-order chi connectivity index (χ0) is 22.9. The third-order valence-corrected chi connectivity index (χ3v) is 6.72. The molecule has 3 N–H and O–H groups in total. The molecular weight excluding hydrogens is 423 g/mol. The van der Waals surface area contributed by atoms with Gasteiger partial charge < -0.3 is 20.4 Å². The first kappa shape index (κ1) is 21.4. The van der Waals surface area contributed by atoms with Crippen molar-refractivity contribution in [2.75, 3.05) is 32.0 Å². The van der Waals surface area contributed by atoms with E-state index in [1.807, 2.05) is 4.90 Å². The van der Waals surface area contributed by atoms with Crippen LogP contribution in [0.3, 0.4) is 0 Å². The molecule has 3 aromatic rings. The maximum atomic E-state index is 13.3. The minimum Gasteiger partial charge on any atom is -0.336 e. The van der Waals surface area contributed by atoms with Crippen molar-refractivity contribution in [1.29, 1.82) is 0 Å². The molecule has 2 aromatic carbocycles. The van der Waals surface area contributed by atoms with E-state index in [2.05, 4.69) is 32.8 Å². The predicted molar refractivity (Wildman–Crippen MR) is 123 cm³/mol. The summed E-state index contributed by atoms with van der Waals surface area (Å²) in [5, 5.41) is 13.4. The van der Waals surface area contributed by atoms with Crippen LogP contribution in [0.25, 0.3) is 10.9 Å². The van der Waals surface area contributed by atoms with Gasteiger partial charge in [-0.25, -0.2) is 9.18 Å². The van der Waals surface area contributed by atoms with Crippen molar-refractivity contribution in [1.82, 2.24) is 25.3 Å². The smallest absolute Gasteiger partial charge is 0.319 e. The van der Waals surface area contributed by atoms with Gasteiger partial charge in [-0.05, 0) is 61.7 Å². The number of halogens is 1. The minimum atomic E-state index is -0.387. The predicted octanol–water partition coefficient (Wildman–Crippen LogP) is 3.19. The van der Waals surface area contributed by atoms with E-state index in [4.69, 9.17) is 0 Å². The number of hydrogen-bond acceptors (Lipinski definition) is 4. The first-order valence-corrected chi connectivity index (χ1v) is 11.2. The second-order valence-corrected chi connectivity index (χ2v) is 8.93. The first-order chi connectivity index (χ1) is 16.0. The van der Waals surface area contributed by atoms with Gasteiger partial charge in [0.05, 0.1) is 5.52 Å². The topological polar surface area (TPSA) is 93.4 Å². The summed E-state index contributed by atoms with van der Waals surface area (Å²) < 4.78 is 13.0. The van der Waals surface area contributed by atoms with Gasteiger partial charge in [0.2, 0.25) is 0 Å². The van der Waals surface area contributed by atoms with Gasteiger partial charge in [-0.1, -0.05) is 12.1 Å². The van der Waals surface area contributed by atoms with Gasteiger partial charge in [-0.3, -0.25) is 9.89 Å². The lowest BCUT2D eigenvalue weighted by Gasteiger charge is -2.46. The van der Waals surface area contributed by atoms with Gasteiger partial charge in [-0.15, -0.1) is 0 Å².